The summed E-state index contributed by atoms with van der Waals surface area (Å²) in [7, 11) is -3.90. The van der Waals surface area contributed by atoms with Gasteiger partial charge in [0.2, 0.25) is 0 Å². The third-order valence-electron chi connectivity index (χ3n) is 3.36. The summed E-state index contributed by atoms with van der Waals surface area (Å²) in [6.07, 6.45) is 0. The van der Waals surface area contributed by atoms with E-state index in [0.29, 0.717) is 11.3 Å². The van der Waals surface area contributed by atoms with Gasteiger partial charge in [0.05, 0.1) is 21.0 Å². The first-order chi connectivity index (χ1) is 12.4. The Labute approximate surface area is 155 Å². The van der Waals surface area contributed by atoms with Crippen LogP contribution in [0.1, 0.15) is 20.8 Å². The monoisotopic (exact) mass is 383 g/mol. The number of anilines is 1. The lowest BCUT2D eigenvalue weighted by atomic mass is 10.2. The van der Waals surface area contributed by atoms with Crippen LogP contribution in [0.4, 0.5) is 5.69 Å². The predicted molar refractivity (Wildman–Crippen MR) is 101 cm³/mol. The van der Waals surface area contributed by atoms with Crippen LogP contribution in [0.25, 0.3) is 0 Å². The molecule has 0 spiro atoms. The Balaban J connectivity index is 1.85. The summed E-state index contributed by atoms with van der Waals surface area (Å²) in [5.41, 5.74) is 0.921. The fourth-order valence-corrected chi connectivity index (χ4v) is 3.82. The van der Waals surface area contributed by atoms with Crippen molar-refractivity contribution >= 4 is 33.0 Å². The molecule has 0 fully saturated rings. The Bertz CT molecular complexity index is 1110. The molecule has 0 radical (unpaired) electrons. The second kappa shape index (κ2) is 7.44. The van der Waals surface area contributed by atoms with Crippen LogP contribution >= 0.6 is 11.3 Å². The highest BCUT2D eigenvalue weighted by Crippen LogP contribution is 2.18. The maximum Gasteiger partial charge on any atom is 0.335 e. The van der Waals surface area contributed by atoms with Crippen LogP contribution in [-0.4, -0.2) is 19.5 Å². The van der Waals surface area contributed by atoms with Gasteiger partial charge in [-0.25, -0.2) is 13.2 Å². The van der Waals surface area contributed by atoms with E-state index < -0.39 is 16.0 Å². The minimum absolute atomic E-state index is 0.0940. The van der Waals surface area contributed by atoms with Gasteiger partial charge in [-0.2, -0.15) is 0 Å². The van der Waals surface area contributed by atoms with E-state index in [0.717, 1.165) is 10.9 Å². The third kappa shape index (κ3) is 4.30. The average Bonchev–Trinajstić information content (AvgIpc) is 3.13. The van der Waals surface area contributed by atoms with Crippen molar-refractivity contribution in [3.05, 3.63) is 82.0 Å². The Morgan fingerprint density at radius 1 is 1.00 bits per heavy atom. The van der Waals surface area contributed by atoms with E-state index in [2.05, 4.69) is 16.6 Å². The van der Waals surface area contributed by atoms with Gasteiger partial charge in [0.25, 0.3) is 10.0 Å². The highest BCUT2D eigenvalue weighted by Gasteiger charge is 2.16. The molecular formula is C19H13NO4S2. The fourth-order valence-electron chi connectivity index (χ4n) is 2.15. The summed E-state index contributed by atoms with van der Waals surface area (Å²) < 4.78 is 27.4. The lowest BCUT2D eigenvalue weighted by Gasteiger charge is -2.09. The van der Waals surface area contributed by atoms with Crippen LogP contribution in [0.3, 0.4) is 0 Å². The van der Waals surface area contributed by atoms with Crippen LogP contribution in [0, 0.1) is 11.8 Å². The molecule has 26 heavy (non-hydrogen) atoms. The molecule has 5 nitrogen and oxygen atoms in total. The largest absolute Gasteiger partial charge is 0.478 e. The number of benzene rings is 2. The number of hydrogen-bond acceptors (Lipinski definition) is 4. The number of carbonyl (C=O) groups is 1. The summed E-state index contributed by atoms with van der Waals surface area (Å²) in [5.74, 6) is 4.81. The molecule has 0 aliphatic heterocycles. The average molecular weight is 383 g/mol. The molecule has 7 heteroatoms. The van der Waals surface area contributed by atoms with Gasteiger partial charge >= 0.3 is 5.97 Å². The molecule has 3 rings (SSSR count). The molecule has 0 unspecified atom stereocenters. The maximum atomic E-state index is 12.5. The number of thiophene rings is 1. The van der Waals surface area contributed by atoms with Gasteiger partial charge in [0.15, 0.2) is 0 Å². The van der Waals surface area contributed by atoms with Crippen LogP contribution in [-0.2, 0) is 10.0 Å². The van der Waals surface area contributed by atoms with Gasteiger partial charge in [0, 0.05) is 5.56 Å². The van der Waals surface area contributed by atoms with E-state index >= 15 is 0 Å². The van der Waals surface area contributed by atoms with E-state index in [1.807, 2.05) is 17.5 Å². The van der Waals surface area contributed by atoms with Gasteiger partial charge in [-0.15, -0.1) is 11.3 Å². The summed E-state index contributed by atoms with van der Waals surface area (Å²) >= 11 is 1.52. The SMILES string of the molecule is O=C(O)c1cccc(S(=O)(=O)Nc2cccc(C#Cc3cccs3)c2)c1. The lowest BCUT2D eigenvalue weighted by Crippen LogP contribution is -2.13. The van der Waals surface area contributed by atoms with Crippen LogP contribution in [0.2, 0.25) is 0 Å². The molecule has 0 saturated carbocycles. The van der Waals surface area contributed by atoms with E-state index in [4.69, 9.17) is 5.11 Å². The zero-order chi connectivity index (χ0) is 18.6. The molecule has 0 atom stereocenters. The first-order valence-electron chi connectivity index (χ1n) is 7.46. The highest BCUT2D eigenvalue weighted by atomic mass is 32.2. The molecular weight excluding hydrogens is 370 g/mol. The molecule has 130 valence electrons. The van der Waals surface area contributed by atoms with E-state index in [1.165, 1.54) is 29.5 Å². The van der Waals surface area contributed by atoms with E-state index in [9.17, 15) is 13.2 Å². The van der Waals surface area contributed by atoms with Crippen LogP contribution in [0.15, 0.2) is 70.9 Å². The number of carboxylic acids is 1. The van der Waals surface area contributed by atoms with Crippen molar-refractivity contribution in [2.75, 3.05) is 4.72 Å². The maximum absolute atomic E-state index is 12.5. The van der Waals surface area contributed by atoms with Crippen molar-refractivity contribution in [2.24, 2.45) is 0 Å². The second-order valence-electron chi connectivity index (χ2n) is 5.25. The Morgan fingerprint density at radius 3 is 2.54 bits per heavy atom. The number of nitrogens with one attached hydrogen (secondary N) is 1. The Hall–Kier alpha value is -3.08. The zero-order valence-corrected chi connectivity index (χ0v) is 15.0. The Morgan fingerprint density at radius 2 is 1.81 bits per heavy atom. The van der Waals surface area contributed by atoms with Gasteiger partial charge < -0.3 is 5.11 Å². The molecule has 1 heterocycles. The highest BCUT2D eigenvalue weighted by molar-refractivity contribution is 7.92. The molecule has 0 aliphatic carbocycles. The smallest absolute Gasteiger partial charge is 0.335 e. The van der Waals surface area contributed by atoms with Crippen molar-refractivity contribution in [3.63, 3.8) is 0 Å². The van der Waals surface area contributed by atoms with Crippen molar-refractivity contribution in [1.82, 2.24) is 0 Å². The Kier molecular flexibility index (Phi) is 5.07. The van der Waals surface area contributed by atoms with E-state index in [-0.39, 0.29) is 10.5 Å². The molecule has 0 aliphatic rings. The first kappa shape index (κ1) is 17.7. The van der Waals surface area contributed by atoms with Crippen LogP contribution in [0.5, 0.6) is 0 Å². The summed E-state index contributed by atoms with van der Waals surface area (Å²) in [4.78, 5) is 11.8. The van der Waals surface area contributed by atoms with Gasteiger partial charge in [-0.1, -0.05) is 30.0 Å². The van der Waals surface area contributed by atoms with Crippen molar-refractivity contribution < 1.29 is 18.3 Å². The number of rotatable bonds is 4. The summed E-state index contributed by atoms with van der Waals surface area (Å²) in [6.45, 7) is 0. The number of sulfonamides is 1. The normalized spacial score (nSPS) is 10.6. The number of hydrogen-bond donors (Lipinski definition) is 2. The van der Waals surface area contributed by atoms with Crippen molar-refractivity contribution in [1.29, 1.82) is 0 Å². The van der Waals surface area contributed by atoms with Crippen LogP contribution < -0.4 is 4.72 Å². The number of aromatic carboxylic acids is 1. The molecule has 0 saturated heterocycles. The molecule has 2 aromatic carbocycles. The topological polar surface area (TPSA) is 83.5 Å². The first-order valence-corrected chi connectivity index (χ1v) is 9.82. The van der Waals surface area contributed by atoms with Crippen molar-refractivity contribution in [2.45, 2.75) is 4.90 Å². The van der Waals surface area contributed by atoms with Gasteiger partial charge in [-0.3, -0.25) is 4.72 Å². The molecule has 0 amide bonds. The van der Waals surface area contributed by atoms with Gasteiger partial charge in [-0.05, 0) is 47.8 Å². The van der Waals surface area contributed by atoms with E-state index in [1.54, 1.807) is 24.3 Å². The molecule has 2 N–H and O–H groups in total. The molecule has 1 aromatic heterocycles. The molecule has 3 aromatic rings. The van der Waals surface area contributed by atoms with Gasteiger partial charge in [0.1, 0.15) is 0 Å². The quantitative estimate of drug-likeness (QED) is 0.674. The molecule has 0 bridgehead atoms. The summed E-state index contributed by atoms with van der Waals surface area (Å²) in [6, 6.07) is 15.7. The number of carboxylic acid groups (broad SMARTS) is 1. The van der Waals surface area contributed by atoms with Crippen molar-refractivity contribution in [3.8, 4) is 11.8 Å². The standard InChI is InChI=1S/C19H13NO4S2/c21-19(22)15-5-2-8-18(13-15)26(23,24)20-16-6-1-4-14(12-16)9-10-17-7-3-11-25-17/h1-8,11-13,20H,(H,21,22). The second-order valence-corrected chi connectivity index (χ2v) is 7.88. The minimum Gasteiger partial charge on any atom is -0.478 e. The minimum atomic E-state index is -3.90. The fraction of sp³-hybridized carbons (Fsp3) is 0. The summed E-state index contributed by atoms with van der Waals surface area (Å²) in [5, 5.41) is 10.9. The lowest BCUT2D eigenvalue weighted by molar-refractivity contribution is 0.0696. The predicted octanol–water partition coefficient (Wildman–Crippen LogP) is 3.65. The zero-order valence-electron chi connectivity index (χ0n) is 13.3. The third-order valence-corrected chi connectivity index (χ3v) is 5.52.